The highest BCUT2D eigenvalue weighted by Crippen LogP contribution is 2.20. The first-order chi connectivity index (χ1) is 14.4. The Morgan fingerprint density at radius 1 is 1.13 bits per heavy atom. The van der Waals surface area contributed by atoms with Crippen LogP contribution in [0.2, 0.25) is 0 Å². The maximum Gasteiger partial charge on any atom is 0.309 e. The quantitative estimate of drug-likeness (QED) is 0.576. The van der Waals surface area contributed by atoms with Gasteiger partial charge in [0, 0.05) is 37.7 Å². The van der Waals surface area contributed by atoms with Gasteiger partial charge in [-0.2, -0.15) is 0 Å². The van der Waals surface area contributed by atoms with Crippen molar-refractivity contribution in [2.24, 2.45) is 5.92 Å². The van der Waals surface area contributed by atoms with E-state index in [0.717, 1.165) is 6.42 Å². The number of hydrogen-bond donors (Lipinski definition) is 0. The number of hydrogen-bond acceptors (Lipinski definition) is 5. The lowest BCUT2D eigenvalue weighted by Crippen LogP contribution is -2.44. The summed E-state index contributed by atoms with van der Waals surface area (Å²) in [6, 6.07) is 7.06. The van der Waals surface area contributed by atoms with Crippen LogP contribution in [-0.2, 0) is 14.3 Å². The number of piperidine rings is 1. The van der Waals surface area contributed by atoms with E-state index in [1.807, 2.05) is 13.8 Å². The topological polar surface area (TPSA) is 76.2 Å². The first kappa shape index (κ1) is 23.7. The Labute approximate surface area is 179 Å². The van der Waals surface area contributed by atoms with Crippen molar-refractivity contribution in [3.05, 3.63) is 29.8 Å². The number of nitrogens with zero attached hydrogens (tertiary/aromatic N) is 2. The van der Waals surface area contributed by atoms with Crippen LogP contribution < -0.4 is 4.74 Å². The van der Waals surface area contributed by atoms with Crippen LogP contribution in [0.1, 0.15) is 56.8 Å². The Hall–Kier alpha value is -2.57. The SMILES string of the molecule is CCOC(=O)C1CCN(C(=O)CCN(C(=O)c2ccc(OC)cc2)C(C)CC)CC1. The van der Waals surface area contributed by atoms with Gasteiger partial charge in [0.25, 0.3) is 5.91 Å². The molecule has 1 heterocycles. The molecule has 0 N–H and O–H groups in total. The number of amides is 2. The highest BCUT2D eigenvalue weighted by atomic mass is 16.5. The van der Waals surface area contributed by atoms with Gasteiger partial charge in [0.05, 0.1) is 19.6 Å². The molecule has 1 atom stereocenters. The fourth-order valence-corrected chi connectivity index (χ4v) is 3.64. The number of rotatable bonds is 9. The van der Waals surface area contributed by atoms with E-state index < -0.39 is 0 Å². The van der Waals surface area contributed by atoms with Crippen molar-refractivity contribution >= 4 is 17.8 Å². The van der Waals surface area contributed by atoms with E-state index in [-0.39, 0.29) is 36.2 Å². The molecular formula is C23H34N2O5. The number of likely N-dealkylation sites (tertiary alicyclic amines) is 1. The van der Waals surface area contributed by atoms with Crippen molar-refractivity contribution in [2.75, 3.05) is 33.4 Å². The predicted molar refractivity (Wildman–Crippen MR) is 114 cm³/mol. The zero-order valence-corrected chi connectivity index (χ0v) is 18.6. The van der Waals surface area contributed by atoms with Gasteiger partial charge in [-0.25, -0.2) is 0 Å². The van der Waals surface area contributed by atoms with Crippen molar-refractivity contribution in [3.63, 3.8) is 0 Å². The van der Waals surface area contributed by atoms with Crippen LogP contribution in [-0.4, -0.2) is 67.0 Å². The average molecular weight is 419 g/mol. The second-order valence-corrected chi connectivity index (χ2v) is 7.64. The number of methoxy groups -OCH3 is 1. The predicted octanol–water partition coefficient (Wildman–Crippen LogP) is 3.13. The second-order valence-electron chi connectivity index (χ2n) is 7.64. The van der Waals surface area contributed by atoms with Gasteiger partial charge in [0.2, 0.25) is 5.91 Å². The molecule has 166 valence electrons. The maximum atomic E-state index is 13.0. The molecule has 0 saturated carbocycles. The van der Waals surface area contributed by atoms with E-state index in [4.69, 9.17) is 9.47 Å². The molecule has 0 aliphatic carbocycles. The number of carbonyl (C=O) groups excluding carboxylic acids is 3. The molecular weight excluding hydrogens is 384 g/mol. The number of esters is 1. The van der Waals surface area contributed by atoms with Crippen molar-refractivity contribution < 1.29 is 23.9 Å². The Bertz CT molecular complexity index is 711. The second kappa shape index (κ2) is 11.6. The molecule has 1 aliphatic rings. The van der Waals surface area contributed by atoms with Crippen molar-refractivity contribution in [2.45, 2.75) is 52.5 Å². The van der Waals surface area contributed by atoms with Gasteiger partial charge < -0.3 is 19.3 Å². The molecule has 0 radical (unpaired) electrons. The summed E-state index contributed by atoms with van der Waals surface area (Å²) >= 11 is 0. The van der Waals surface area contributed by atoms with E-state index in [0.29, 0.717) is 50.4 Å². The Morgan fingerprint density at radius 3 is 2.30 bits per heavy atom. The summed E-state index contributed by atoms with van der Waals surface area (Å²) < 4.78 is 10.2. The zero-order valence-electron chi connectivity index (χ0n) is 18.6. The fourth-order valence-electron chi connectivity index (χ4n) is 3.64. The van der Waals surface area contributed by atoms with Gasteiger partial charge >= 0.3 is 5.97 Å². The normalized spacial score (nSPS) is 15.4. The van der Waals surface area contributed by atoms with Gasteiger partial charge in [-0.1, -0.05) is 6.92 Å². The first-order valence-corrected chi connectivity index (χ1v) is 10.8. The molecule has 2 rings (SSSR count). The highest BCUT2D eigenvalue weighted by Gasteiger charge is 2.29. The van der Waals surface area contributed by atoms with E-state index in [1.54, 1.807) is 48.1 Å². The third-order valence-electron chi connectivity index (χ3n) is 5.75. The van der Waals surface area contributed by atoms with E-state index in [1.165, 1.54) is 0 Å². The van der Waals surface area contributed by atoms with Gasteiger partial charge in [-0.3, -0.25) is 14.4 Å². The third kappa shape index (κ3) is 6.21. The highest BCUT2D eigenvalue weighted by molar-refractivity contribution is 5.94. The van der Waals surface area contributed by atoms with Crippen molar-refractivity contribution in [1.29, 1.82) is 0 Å². The monoisotopic (exact) mass is 418 g/mol. The summed E-state index contributed by atoms with van der Waals surface area (Å²) in [5.41, 5.74) is 0.582. The Balaban J connectivity index is 1.93. The summed E-state index contributed by atoms with van der Waals surface area (Å²) in [5, 5.41) is 0. The molecule has 1 saturated heterocycles. The number of carbonyl (C=O) groups is 3. The minimum absolute atomic E-state index is 0.0214. The molecule has 1 fully saturated rings. The molecule has 2 amide bonds. The average Bonchev–Trinajstić information content (AvgIpc) is 2.78. The first-order valence-electron chi connectivity index (χ1n) is 10.8. The van der Waals surface area contributed by atoms with Crippen LogP contribution in [0.4, 0.5) is 0 Å². The van der Waals surface area contributed by atoms with Crippen LogP contribution in [0.3, 0.4) is 0 Å². The molecule has 7 heteroatoms. The van der Waals surface area contributed by atoms with Crippen LogP contribution >= 0.6 is 0 Å². The van der Waals surface area contributed by atoms with Gasteiger partial charge in [0.15, 0.2) is 0 Å². The molecule has 1 aromatic rings. The lowest BCUT2D eigenvalue weighted by atomic mass is 9.97. The molecule has 1 unspecified atom stereocenters. The van der Waals surface area contributed by atoms with Crippen LogP contribution in [0.15, 0.2) is 24.3 Å². The summed E-state index contributed by atoms with van der Waals surface area (Å²) in [6.07, 6.45) is 2.34. The summed E-state index contributed by atoms with van der Waals surface area (Å²) in [5.74, 6) is 0.344. The molecule has 0 spiro atoms. The van der Waals surface area contributed by atoms with E-state index >= 15 is 0 Å². The molecule has 7 nitrogen and oxygen atoms in total. The summed E-state index contributed by atoms with van der Waals surface area (Å²) in [7, 11) is 1.59. The lowest BCUT2D eigenvalue weighted by molar-refractivity contribution is -0.151. The lowest BCUT2D eigenvalue weighted by Gasteiger charge is -2.33. The van der Waals surface area contributed by atoms with Crippen molar-refractivity contribution in [3.8, 4) is 5.75 Å². The van der Waals surface area contributed by atoms with Crippen LogP contribution in [0.25, 0.3) is 0 Å². The minimum Gasteiger partial charge on any atom is -0.497 e. The smallest absolute Gasteiger partial charge is 0.309 e. The van der Waals surface area contributed by atoms with Crippen LogP contribution in [0.5, 0.6) is 5.75 Å². The van der Waals surface area contributed by atoms with Gasteiger partial charge in [-0.05, 0) is 57.4 Å². The molecule has 0 bridgehead atoms. The standard InChI is InChI=1S/C23H34N2O5/c1-5-17(3)25(22(27)18-7-9-20(29-4)10-8-18)16-13-21(26)24-14-11-19(12-15-24)23(28)30-6-2/h7-10,17,19H,5-6,11-16H2,1-4H3. The maximum absolute atomic E-state index is 13.0. The number of ether oxygens (including phenoxy) is 2. The van der Waals surface area contributed by atoms with Crippen molar-refractivity contribution in [1.82, 2.24) is 9.80 Å². The molecule has 1 aliphatic heterocycles. The third-order valence-corrected chi connectivity index (χ3v) is 5.75. The summed E-state index contributed by atoms with van der Waals surface area (Å²) in [4.78, 5) is 41.2. The van der Waals surface area contributed by atoms with Crippen LogP contribution in [0, 0.1) is 5.92 Å². The molecule has 1 aromatic carbocycles. The largest absolute Gasteiger partial charge is 0.497 e. The zero-order chi connectivity index (χ0) is 22.1. The van der Waals surface area contributed by atoms with E-state index in [2.05, 4.69) is 0 Å². The van der Waals surface area contributed by atoms with Gasteiger partial charge in [-0.15, -0.1) is 0 Å². The Kier molecular flexibility index (Phi) is 9.15. The fraction of sp³-hybridized carbons (Fsp3) is 0.609. The number of benzene rings is 1. The Morgan fingerprint density at radius 2 is 1.77 bits per heavy atom. The van der Waals surface area contributed by atoms with E-state index in [9.17, 15) is 14.4 Å². The molecule has 0 aromatic heterocycles. The molecule has 30 heavy (non-hydrogen) atoms. The van der Waals surface area contributed by atoms with Gasteiger partial charge in [0.1, 0.15) is 5.75 Å². The summed E-state index contributed by atoms with van der Waals surface area (Å²) in [6.45, 7) is 7.68. The minimum atomic E-state index is -0.169.